The number of hydrogen-bond acceptors (Lipinski definition) is 4. The molecule has 1 aromatic carbocycles. The van der Waals surface area contributed by atoms with Gasteiger partial charge in [0.15, 0.2) is 0 Å². The lowest BCUT2D eigenvalue weighted by atomic mass is 9.83. The van der Waals surface area contributed by atoms with Crippen molar-refractivity contribution >= 4 is 11.4 Å². The Morgan fingerprint density at radius 3 is 2.86 bits per heavy atom. The van der Waals surface area contributed by atoms with Crippen LogP contribution < -0.4 is 5.32 Å². The molecule has 0 bridgehead atoms. The fraction of sp³-hybridized carbons (Fsp3) is 0.625. The minimum Gasteiger partial charge on any atom is -0.379 e. The second-order valence-electron chi connectivity index (χ2n) is 5.63. The summed E-state index contributed by atoms with van der Waals surface area (Å²) < 4.78 is 5.72. The molecule has 0 saturated heterocycles. The number of nitrogens with zero attached hydrogens (tertiary/aromatic N) is 1. The Balaban J connectivity index is 1.95. The maximum Gasteiger partial charge on any atom is 0.292 e. The predicted octanol–water partition coefficient (Wildman–Crippen LogP) is 4.12. The van der Waals surface area contributed by atoms with Crippen LogP contribution in [0.2, 0.25) is 0 Å². The third kappa shape index (κ3) is 4.43. The van der Waals surface area contributed by atoms with Gasteiger partial charge in [-0.25, -0.2) is 0 Å². The van der Waals surface area contributed by atoms with Crippen molar-refractivity contribution in [1.29, 1.82) is 0 Å². The monoisotopic (exact) mass is 292 g/mol. The first-order valence-electron chi connectivity index (χ1n) is 7.80. The average Bonchev–Trinajstić information content (AvgIpc) is 2.43. The summed E-state index contributed by atoms with van der Waals surface area (Å²) in [5, 5.41) is 14.3. The molecule has 116 valence electrons. The van der Waals surface area contributed by atoms with Crippen LogP contribution in [-0.4, -0.2) is 18.1 Å². The lowest BCUT2D eigenvalue weighted by Crippen LogP contribution is -2.13. The van der Waals surface area contributed by atoms with E-state index < -0.39 is 0 Å². The van der Waals surface area contributed by atoms with Gasteiger partial charge >= 0.3 is 0 Å². The number of ether oxygens (including phenoxy) is 1. The molecule has 0 unspecified atom stereocenters. The van der Waals surface area contributed by atoms with Gasteiger partial charge < -0.3 is 10.1 Å². The molecule has 1 saturated carbocycles. The summed E-state index contributed by atoms with van der Waals surface area (Å²) in [7, 11) is 0. The molecule has 2 rings (SSSR count). The van der Waals surface area contributed by atoms with Crippen LogP contribution in [0, 0.1) is 16.0 Å². The second kappa shape index (κ2) is 7.98. The number of nitro groups is 1. The van der Waals surface area contributed by atoms with E-state index >= 15 is 0 Å². The zero-order valence-corrected chi connectivity index (χ0v) is 12.6. The van der Waals surface area contributed by atoms with Gasteiger partial charge in [-0.1, -0.05) is 38.3 Å². The van der Waals surface area contributed by atoms with E-state index in [1.54, 1.807) is 6.07 Å². The number of para-hydroxylation sites is 1. The van der Waals surface area contributed by atoms with E-state index in [-0.39, 0.29) is 10.6 Å². The van der Waals surface area contributed by atoms with Crippen LogP contribution in [-0.2, 0) is 11.3 Å². The summed E-state index contributed by atoms with van der Waals surface area (Å²) in [5.41, 5.74) is 1.60. The molecule has 0 atom stereocenters. The first-order valence-corrected chi connectivity index (χ1v) is 7.80. The van der Waals surface area contributed by atoms with E-state index in [1.165, 1.54) is 25.3 Å². The summed E-state index contributed by atoms with van der Waals surface area (Å²) in [5.74, 6) is 0.827. The molecule has 1 aliphatic rings. The van der Waals surface area contributed by atoms with Gasteiger partial charge in [0.05, 0.1) is 11.5 Å². The zero-order chi connectivity index (χ0) is 15.1. The lowest BCUT2D eigenvalue weighted by molar-refractivity contribution is -0.384. The molecule has 1 N–H and O–H groups in total. The highest BCUT2D eigenvalue weighted by Crippen LogP contribution is 2.30. The number of nitro benzene ring substituents is 1. The normalized spacial score (nSPS) is 14.7. The number of benzene rings is 1. The van der Waals surface area contributed by atoms with E-state index in [9.17, 15) is 10.1 Å². The minimum atomic E-state index is -0.337. The van der Waals surface area contributed by atoms with Crippen molar-refractivity contribution < 1.29 is 9.66 Å². The van der Waals surface area contributed by atoms with Gasteiger partial charge in [0.1, 0.15) is 5.69 Å². The van der Waals surface area contributed by atoms with Gasteiger partial charge in [0.25, 0.3) is 5.69 Å². The molecule has 0 spiro atoms. The Morgan fingerprint density at radius 1 is 1.43 bits per heavy atom. The molecular weight excluding hydrogens is 268 g/mol. The molecule has 0 heterocycles. The molecular formula is C16H24N2O3. The van der Waals surface area contributed by atoms with Crippen LogP contribution in [0.5, 0.6) is 0 Å². The maximum absolute atomic E-state index is 11.1. The van der Waals surface area contributed by atoms with Gasteiger partial charge in [-0.3, -0.25) is 10.1 Å². The maximum atomic E-state index is 11.1. The van der Waals surface area contributed by atoms with Crippen LogP contribution in [0.3, 0.4) is 0 Å². The van der Waals surface area contributed by atoms with Crippen LogP contribution in [0.25, 0.3) is 0 Å². The first-order chi connectivity index (χ1) is 10.2. The van der Waals surface area contributed by atoms with Crippen molar-refractivity contribution in [2.45, 2.75) is 45.6 Å². The third-order valence-corrected chi connectivity index (χ3v) is 4.03. The fourth-order valence-electron chi connectivity index (χ4n) is 2.53. The topological polar surface area (TPSA) is 64.4 Å². The lowest BCUT2D eigenvalue weighted by Gasteiger charge is -2.24. The Morgan fingerprint density at radius 2 is 2.24 bits per heavy atom. The number of hydrogen-bond donors (Lipinski definition) is 1. The van der Waals surface area contributed by atoms with Gasteiger partial charge in [-0.05, 0) is 18.8 Å². The van der Waals surface area contributed by atoms with E-state index in [4.69, 9.17) is 4.74 Å². The Labute approximate surface area is 125 Å². The number of anilines is 1. The second-order valence-corrected chi connectivity index (χ2v) is 5.63. The Bertz CT molecular complexity index is 473. The van der Waals surface area contributed by atoms with Crippen molar-refractivity contribution in [3.63, 3.8) is 0 Å². The van der Waals surface area contributed by atoms with Gasteiger partial charge in [-0.15, -0.1) is 0 Å². The molecule has 5 nitrogen and oxygen atoms in total. The third-order valence-electron chi connectivity index (χ3n) is 4.03. The summed E-state index contributed by atoms with van der Waals surface area (Å²) in [4.78, 5) is 10.8. The molecule has 0 amide bonds. The van der Waals surface area contributed by atoms with Gasteiger partial charge in [-0.2, -0.15) is 0 Å². The molecule has 5 heteroatoms. The van der Waals surface area contributed by atoms with E-state index in [0.29, 0.717) is 12.3 Å². The van der Waals surface area contributed by atoms with Crippen LogP contribution in [0.1, 0.15) is 44.6 Å². The van der Waals surface area contributed by atoms with Crippen molar-refractivity contribution in [2.24, 2.45) is 5.92 Å². The van der Waals surface area contributed by atoms with Crippen molar-refractivity contribution in [3.8, 4) is 0 Å². The highest BCUT2D eigenvalue weighted by atomic mass is 16.6. The molecule has 1 aliphatic carbocycles. The van der Waals surface area contributed by atoms with Gasteiger partial charge in [0.2, 0.25) is 0 Å². The van der Waals surface area contributed by atoms with Crippen LogP contribution in [0.4, 0.5) is 11.4 Å². The van der Waals surface area contributed by atoms with Crippen LogP contribution >= 0.6 is 0 Å². The fourth-order valence-corrected chi connectivity index (χ4v) is 2.53. The summed E-state index contributed by atoms with van der Waals surface area (Å²) in [6, 6.07) is 5.16. The highest BCUT2D eigenvalue weighted by molar-refractivity contribution is 5.66. The molecule has 0 radical (unpaired) electrons. The van der Waals surface area contributed by atoms with Crippen molar-refractivity contribution in [1.82, 2.24) is 0 Å². The van der Waals surface area contributed by atoms with E-state index in [2.05, 4.69) is 5.32 Å². The van der Waals surface area contributed by atoms with Crippen molar-refractivity contribution in [3.05, 3.63) is 33.9 Å². The largest absolute Gasteiger partial charge is 0.379 e. The standard InChI is InChI=1S/C16H24N2O3/c1-2-10-17-16-14(7-4-8-15(16)18(19)20)12-21-11-9-13-5-3-6-13/h4,7-8,13,17H,2-3,5-6,9-12H2,1H3. The Hall–Kier alpha value is -1.62. The summed E-state index contributed by atoms with van der Waals surface area (Å²) >= 11 is 0. The molecule has 1 fully saturated rings. The van der Waals surface area contributed by atoms with Crippen molar-refractivity contribution in [2.75, 3.05) is 18.5 Å². The molecule has 1 aromatic rings. The minimum absolute atomic E-state index is 0.128. The first kappa shape index (κ1) is 15.8. The highest BCUT2D eigenvalue weighted by Gasteiger charge is 2.18. The average molecular weight is 292 g/mol. The van der Waals surface area contributed by atoms with Crippen LogP contribution in [0.15, 0.2) is 18.2 Å². The smallest absolute Gasteiger partial charge is 0.292 e. The molecule has 0 aromatic heterocycles. The summed E-state index contributed by atoms with van der Waals surface area (Å²) in [6.45, 7) is 3.93. The SMILES string of the molecule is CCCNc1c(COCCC2CCC2)cccc1[N+](=O)[O-]. The van der Waals surface area contributed by atoms with E-state index in [0.717, 1.165) is 37.5 Å². The number of rotatable bonds is 9. The predicted molar refractivity (Wildman–Crippen MR) is 83.5 cm³/mol. The van der Waals surface area contributed by atoms with E-state index in [1.807, 2.05) is 13.0 Å². The molecule has 0 aliphatic heterocycles. The zero-order valence-electron chi connectivity index (χ0n) is 12.6. The van der Waals surface area contributed by atoms with Gasteiger partial charge in [0, 0.05) is 24.8 Å². The summed E-state index contributed by atoms with van der Waals surface area (Å²) in [6.07, 6.45) is 6.02. The Kier molecular flexibility index (Phi) is 5.99. The number of nitrogens with one attached hydrogen (secondary N) is 1. The molecule has 21 heavy (non-hydrogen) atoms. The quantitative estimate of drug-likeness (QED) is 0.422.